The van der Waals surface area contributed by atoms with E-state index in [1.54, 1.807) is 0 Å². The van der Waals surface area contributed by atoms with E-state index >= 15 is 0 Å². The third kappa shape index (κ3) is 2.89. The molecule has 0 bridgehead atoms. The fraction of sp³-hybridized carbons (Fsp3) is 1.00. The first-order chi connectivity index (χ1) is 8.63. The Bertz CT molecular complexity index is 257. The van der Waals surface area contributed by atoms with Gasteiger partial charge in [0, 0.05) is 18.6 Å². The molecule has 2 aliphatic rings. The van der Waals surface area contributed by atoms with E-state index in [0.717, 1.165) is 13.1 Å². The molecule has 0 spiro atoms. The van der Waals surface area contributed by atoms with Crippen molar-refractivity contribution in [3.05, 3.63) is 0 Å². The average molecular weight is 254 g/mol. The fourth-order valence-corrected chi connectivity index (χ4v) is 3.66. The topological polar surface area (TPSA) is 35.5 Å². The van der Waals surface area contributed by atoms with E-state index < -0.39 is 0 Å². The van der Waals surface area contributed by atoms with Gasteiger partial charge in [0.2, 0.25) is 0 Å². The van der Waals surface area contributed by atoms with Crippen LogP contribution in [0.2, 0.25) is 0 Å². The van der Waals surface area contributed by atoms with Crippen LogP contribution >= 0.6 is 0 Å². The molecule has 1 aliphatic carbocycles. The number of aliphatic hydroxyl groups excluding tert-OH is 1. The Hall–Kier alpha value is -0.120. The number of aliphatic hydroxyl groups is 1. The Morgan fingerprint density at radius 3 is 2.22 bits per heavy atom. The second-order valence-electron chi connectivity index (χ2n) is 6.42. The summed E-state index contributed by atoms with van der Waals surface area (Å²) in [5, 5.41) is 13.5. The summed E-state index contributed by atoms with van der Waals surface area (Å²) in [6.07, 6.45) is 6.54. The Morgan fingerprint density at radius 2 is 1.78 bits per heavy atom. The summed E-state index contributed by atoms with van der Waals surface area (Å²) < 4.78 is 0. The summed E-state index contributed by atoms with van der Waals surface area (Å²) in [7, 11) is 0. The SMILES string of the molecule is CCNC(CO)(CN1[C@H](C)CCC[C@@H]1C)C1CC1. The van der Waals surface area contributed by atoms with Gasteiger partial charge in [-0.05, 0) is 52.0 Å². The lowest BCUT2D eigenvalue weighted by molar-refractivity contribution is 0.0319. The van der Waals surface area contributed by atoms with Crippen molar-refractivity contribution in [1.29, 1.82) is 0 Å². The fourth-order valence-electron chi connectivity index (χ4n) is 3.66. The zero-order chi connectivity index (χ0) is 13.2. The standard InChI is InChI=1S/C15H30N2O/c1-4-16-15(11-18,14-8-9-14)10-17-12(2)6-5-7-13(17)3/h12-14,16,18H,4-11H2,1-3H3/t12-,13+,15?. The van der Waals surface area contributed by atoms with Gasteiger partial charge in [-0.15, -0.1) is 0 Å². The number of hydrogen-bond acceptors (Lipinski definition) is 3. The molecule has 1 saturated heterocycles. The van der Waals surface area contributed by atoms with Crippen molar-refractivity contribution in [3.8, 4) is 0 Å². The van der Waals surface area contributed by atoms with Crippen molar-refractivity contribution < 1.29 is 5.11 Å². The van der Waals surface area contributed by atoms with Gasteiger partial charge >= 0.3 is 0 Å². The largest absolute Gasteiger partial charge is 0.394 e. The zero-order valence-corrected chi connectivity index (χ0v) is 12.3. The molecule has 106 valence electrons. The summed E-state index contributed by atoms with van der Waals surface area (Å²) in [6.45, 7) is 9.09. The molecule has 2 fully saturated rings. The van der Waals surface area contributed by atoms with Crippen LogP contribution in [-0.4, -0.2) is 47.3 Å². The molecule has 1 aliphatic heterocycles. The van der Waals surface area contributed by atoms with Crippen molar-refractivity contribution in [3.63, 3.8) is 0 Å². The minimum Gasteiger partial charge on any atom is -0.394 e. The van der Waals surface area contributed by atoms with Gasteiger partial charge in [-0.1, -0.05) is 13.3 Å². The molecule has 3 heteroatoms. The van der Waals surface area contributed by atoms with Gasteiger partial charge in [-0.2, -0.15) is 0 Å². The number of nitrogens with one attached hydrogen (secondary N) is 1. The number of likely N-dealkylation sites (tertiary alicyclic amines) is 1. The van der Waals surface area contributed by atoms with Crippen LogP contribution in [-0.2, 0) is 0 Å². The molecule has 0 aromatic rings. The molecule has 1 heterocycles. The number of likely N-dealkylation sites (N-methyl/N-ethyl adjacent to an activating group) is 1. The summed E-state index contributed by atoms with van der Waals surface area (Å²) in [4.78, 5) is 2.63. The highest BCUT2D eigenvalue weighted by Gasteiger charge is 2.46. The van der Waals surface area contributed by atoms with Crippen LogP contribution in [0.5, 0.6) is 0 Å². The van der Waals surface area contributed by atoms with Gasteiger partial charge in [0.25, 0.3) is 0 Å². The molecule has 0 radical (unpaired) electrons. The lowest BCUT2D eigenvalue weighted by Gasteiger charge is -2.45. The highest BCUT2D eigenvalue weighted by atomic mass is 16.3. The molecule has 2 N–H and O–H groups in total. The Balaban J connectivity index is 2.06. The van der Waals surface area contributed by atoms with Crippen LogP contribution in [0.3, 0.4) is 0 Å². The van der Waals surface area contributed by atoms with Crippen LogP contribution in [0.1, 0.15) is 52.9 Å². The molecule has 2 rings (SSSR count). The third-order valence-electron chi connectivity index (χ3n) is 5.01. The van der Waals surface area contributed by atoms with Gasteiger partial charge in [-0.3, -0.25) is 4.90 Å². The molecular weight excluding hydrogens is 224 g/mol. The van der Waals surface area contributed by atoms with E-state index in [-0.39, 0.29) is 12.1 Å². The van der Waals surface area contributed by atoms with E-state index in [4.69, 9.17) is 0 Å². The molecule has 1 unspecified atom stereocenters. The summed E-state index contributed by atoms with van der Waals surface area (Å²) in [6, 6.07) is 1.33. The Kier molecular flexibility index (Phi) is 4.68. The monoisotopic (exact) mass is 254 g/mol. The molecule has 0 aromatic carbocycles. The second-order valence-corrected chi connectivity index (χ2v) is 6.42. The molecule has 1 saturated carbocycles. The summed E-state index contributed by atoms with van der Waals surface area (Å²) in [5.41, 5.74) is -0.0470. The molecule has 3 nitrogen and oxygen atoms in total. The molecular formula is C15H30N2O. The molecule has 18 heavy (non-hydrogen) atoms. The lowest BCUT2D eigenvalue weighted by atomic mass is 9.89. The van der Waals surface area contributed by atoms with Crippen LogP contribution in [0, 0.1) is 5.92 Å². The van der Waals surface area contributed by atoms with E-state index in [1.165, 1.54) is 32.1 Å². The van der Waals surface area contributed by atoms with Gasteiger partial charge in [0.15, 0.2) is 0 Å². The van der Waals surface area contributed by atoms with E-state index in [1.807, 2.05) is 0 Å². The maximum atomic E-state index is 9.93. The zero-order valence-electron chi connectivity index (χ0n) is 12.3. The second kappa shape index (κ2) is 5.89. The normalized spacial score (nSPS) is 33.3. The Labute approximate surface area is 112 Å². The van der Waals surface area contributed by atoms with Crippen molar-refractivity contribution in [2.45, 2.75) is 70.5 Å². The summed E-state index contributed by atoms with van der Waals surface area (Å²) in [5.74, 6) is 0.684. The number of piperidine rings is 1. The highest BCUT2D eigenvalue weighted by molar-refractivity contribution is 5.04. The van der Waals surface area contributed by atoms with Crippen molar-refractivity contribution >= 4 is 0 Å². The molecule has 3 atom stereocenters. The average Bonchev–Trinajstić information content (AvgIpc) is 3.17. The van der Waals surface area contributed by atoms with Crippen molar-refractivity contribution in [1.82, 2.24) is 10.2 Å². The van der Waals surface area contributed by atoms with Gasteiger partial charge in [-0.25, -0.2) is 0 Å². The third-order valence-corrected chi connectivity index (χ3v) is 5.01. The van der Waals surface area contributed by atoms with E-state index in [9.17, 15) is 5.11 Å². The van der Waals surface area contributed by atoms with Crippen molar-refractivity contribution in [2.24, 2.45) is 5.92 Å². The number of nitrogens with zero attached hydrogens (tertiary/aromatic N) is 1. The van der Waals surface area contributed by atoms with Crippen LogP contribution in [0.4, 0.5) is 0 Å². The van der Waals surface area contributed by atoms with E-state index in [0.29, 0.717) is 18.0 Å². The molecule has 0 aromatic heterocycles. The van der Waals surface area contributed by atoms with Crippen molar-refractivity contribution in [2.75, 3.05) is 19.7 Å². The van der Waals surface area contributed by atoms with Gasteiger partial charge < -0.3 is 10.4 Å². The van der Waals surface area contributed by atoms with Crippen LogP contribution in [0.25, 0.3) is 0 Å². The minimum absolute atomic E-state index is 0.0470. The lowest BCUT2D eigenvalue weighted by Crippen LogP contribution is -2.61. The van der Waals surface area contributed by atoms with Crippen LogP contribution < -0.4 is 5.32 Å². The predicted octanol–water partition coefficient (Wildman–Crippen LogP) is 2.00. The Morgan fingerprint density at radius 1 is 1.17 bits per heavy atom. The first kappa shape index (κ1) is 14.3. The van der Waals surface area contributed by atoms with Crippen LogP contribution in [0.15, 0.2) is 0 Å². The van der Waals surface area contributed by atoms with E-state index in [2.05, 4.69) is 31.0 Å². The highest BCUT2D eigenvalue weighted by Crippen LogP contribution is 2.41. The van der Waals surface area contributed by atoms with Gasteiger partial charge in [0.1, 0.15) is 0 Å². The number of rotatable bonds is 6. The maximum absolute atomic E-state index is 9.93. The first-order valence-electron chi connectivity index (χ1n) is 7.74. The predicted molar refractivity (Wildman–Crippen MR) is 75.7 cm³/mol. The molecule has 0 amide bonds. The maximum Gasteiger partial charge on any atom is 0.0628 e. The van der Waals surface area contributed by atoms with Gasteiger partial charge in [0.05, 0.1) is 12.1 Å². The minimum atomic E-state index is -0.0470. The summed E-state index contributed by atoms with van der Waals surface area (Å²) >= 11 is 0. The number of hydrogen-bond donors (Lipinski definition) is 2. The first-order valence-corrected chi connectivity index (χ1v) is 7.74. The smallest absolute Gasteiger partial charge is 0.0628 e. The quantitative estimate of drug-likeness (QED) is 0.761.